The molecule has 10 nitrogen and oxygen atoms in total. The number of pyridine rings is 1. The molecule has 0 bridgehead atoms. The SMILES string of the molecule is CC(=O)c1c(O)c(C)c(O)c2c1OC1=CC(=O)C(=C(C)NCc3ccc(-c4nc5ncccc5o4)cc3)C(=O)C12C. The molecule has 2 aromatic carbocycles. The van der Waals surface area contributed by atoms with Crippen LogP contribution in [0, 0.1) is 6.92 Å². The van der Waals surface area contributed by atoms with Crippen LogP contribution in [0.25, 0.3) is 22.7 Å². The minimum Gasteiger partial charge on any atom is -0.507 e. The largest absolute Gasteiger partial charge is 0.507 e. The first-order valence-electron chi connectivity index (χ1n) is 12.9. The Kier molecular flexibility index (Phi) is 5.81. The van der Waals surface area contributed by atoms with Crippen molar-refractivity contribution < 1.29 is 33.8 Å². The lowest BCUT2D eigenvalue weighted by Gasteiger charge is -2.29. The van der Waals surface area contributed by atoms with Crippen LogP contribution in [0.15, 0.2) is 70.1 Å². The number of Topliss-reactive ketones (excluding diaryl/α,β-unsaturated/α-hetero) is 2. The van der Waals surface area contributed by atoms with Crippen LogP contribution in [0.2, 0.25) is 0 Å². The van der Waals surface area contributed by atoms with E-state index in [-0.39, 0.29) is 39.5 Å². The van der Waals surface area contributed by atoms with Gasteiger partial charge in [-0.2, -0.15) is 4.98 Å². The minimum atomic E-state index is -1.57. The van der Waals surface area contributed by atoms with E-state index in [2.05, 4.69) is 15.3 Å². The summed E-state index contributed by atoms with van der Waals surface area (Å²) in [5, 5.41) is 24.6. The lowest BCUT2D eigenvalue weighted by molar-refractivity contribution is -0.123. The summed E-state index contributed by atoms with van der Waals surface area (Å²) in [6.45, 7) is 6.17. The third kappa shape index (κ3) is 3.82. The van der Waals surface area contributed by atoms with Crippen molar-refractivity contribution in [3.05, 3.63) is 88.0 Å². The van der Waals surface area contributed by atoms with Crippen molar-refractivity contribution in [3.63, 3.8) is 0 Å². The van der Waals surface area contributed by atoms with Gasteiger partial charge in [0.1, 0.15) is 34.0 Å². The van der Waals surface area contributed by atoms with Crippen molar-refractivity contribution >= 4 is 28.6 Å². The molecule has 3 heterocycles. The number of aromatic nitrogens is 2. The van der Waals surface area contributed by atoms with Crippen LogP contribution in [-0.2, 0) is 21.5 Å². The second kappa shape index (κ2) is 9.16. The number of nitrogens with one attached hydrogen (secondary N) is 1. The molecule has 1 aliphatic carbocycles. The van der Waals surface area contributed by atoms with E-state index in [4.69, 9.17) is 9.15 Å². The van der Waals surface area contributed by atoms with Gasteiger partial charge in [0.2, 0.25) is 5.89 Å². The van der Waals surface area contributed by atoms with E-state index in [1.807, 2.05) is 24.3 Å². The highest BCUT2D eigenvalue weighted by molar-refractivity contribution is 6.31. The molecule has 1 atom stereocenters. The molecule has 6 rings (SSSR count). The summed E-state index contributed by atoms with van der Waals surface area (Å²) >= 11 is 0. The number of nitrogens with zero attached hydrogens (tertiary/aromatic N) is 2. The predicted molar refractivity (Wildman–Crippen MR) is 147 cm³/mol. The quantitative estimate of drug-likeness (QED) is 0.183. The first-order valence-corrected chi connectivity index (χ1v) is 12.9. The zero-order chi connectivity index (χ0) is 29.2. The Hall–Kier alpha value is -5.25. The van der Waals surface area contributed by atoms with Gasteiger partial charge < -0.3 is 24.7 Å². The summed E-state index contributed by atoms with van der Waals surface area (Å²) in [7, 11) is 0. The van der Waals surface area contributed by atoms with Gasteiger partial charge in [-0.15, -0.1) is 0 Å². The molecule has 3 N–H and O–H groups in total. The maximum atomic E-state index is 13.9. The standard InChI is InChI=1S/C31H25N3O7/c1-14-25(37)23(16(3)35)27-24(26(14)38)31(4)21(41-27)12-19(36)22(28(31)39)15(2)33-13-17-7-9-18(10-8-17)30-34-29-20(40-30)6-5-11-32-29/h5-12,33,37-38H,13H2,1-4H3. The number of ketones is 3. The zero-order valence-corrected chi connectivity index (χ0v) is 22.7. The predicted octanol–water partition coefficient (Wildman–Crippen LogP) is 4.56. The number of carbonyl (C=O) groups excluding carboxylic acids is 3. The fraction of sp³-hybridized carbons (Fsp3) is 0.194. The first-order chi connectivity index (χ1) is 19.5. The minimum absolute atomic E-state index is 0.00756. The monoisotopic (exact) mass is 551 g/mol. The average molecular weight is 552 g/mol. The fourth-order valence-corrected chi connectivity index (χ4v) is 5.34. The first kappa shape index (κ1) is 26.0. The lowest BCUT2D eigenvalue weighted by atomic mass is 9.70. The number of carbonyl (C=O) groups is 3. The second-order valence-corrected chi connectivity index (χ2v) is 10.3. The summed E-state index contributed by atoms with van der Waals surface area (Å²) in [4.78, 5) is 48.0. The number of allylic oxidation sites excluding steroid dienone is 4. The van der Waals surface area contributed by atoms with Crippen molar-refractivity contribution in [2.75, 3.05) is 0 Å². The Bertz CT molecular complexity index is 1850. The van der Waals surface area contributed by atoms with Crippen molar-refractivity contribution in [1.82, 2.24) is 15.3 Å². The van der Waals surface area contributed by atoms with E-state index in [0.717, 1.165) is 11.1 Å². The Morgan fingerprint density at radius 3 is 2.49 bits per heavy atom. The smallest absolute Gasteiger partial charge is 0.228 e. The number of hydrogen-bond acceptors (Lipinski definition) is 10. The molecule has 41 heavy (non-hydrogen) atoms. The average Bonchev–Trinajstić information content (AvgIpc) is 3.50. The number of ether oxygens (including phenoxy) is 1. The van der Waals surface area contributed by atoms with Gasteiger partial charge >= 0.3 is 0 Å². The van der Waals surface area contributed by atoms with Gasteiger partial charge in [-0.25, -0.2) is 4.98 Å². The van der Waals surface area contributed by atoms with E-state index in [0.29, 0.717) is 29.4 Å². The molecule has 1 unspecified atom stereocenters. The van der Waals surface area contributed by atoms with Crippen LogP contribution < -0.4 is 10.1 Å². The van der Waals surface area contributed by atoms with Crippen LogP contribution in [0.4, 0.5) is 0 Å². The Morgan fingerprint density at radius 2 is 1.80 bits per heavy atom. The molecule has 0 spiro atoms. The van der Waals surface area contributed by atoms with E-state index in [1.54, 1.807) is 25.3 Å². The molecule has 0 saturated carbocycles. The normalized spacial score (nSPS) is 19.0. The number of aromatic hydroxyl groups is 2. The van der Waals surface area contributed by atoms with Gasteiger partial charge in [-0.3, -0.25) is 14.4 Å². The summed E-state index contributed by atoms with van der Waals surface area (Å²) < 4.78 is 11.6. The molecule has 0 saturated heterocycles. The second-order valence-electron chi connectivity index (χ2n) is 10.3. The number of fused-ring (bicyclic) bond motifs is 4. The van der Waals surface area contributed by atoms with Gasteiger partial charge in [0.15, 0.2) is 28.6 Å². The third-order valence-electron chi connectivity index (χ3n) is 7.68. The molecule has 1 aliphatic heterocycles. The molecular formula is C31H25N3O7. The van der Waals surface area contributed by atoms with E-state index >= 15 is 0 Å². The van der Waals surface area contributed by atoms with Crippen LogP contribution in [0.1, 0.15) is 47.8 Å². The highest BCUT2D eigenvalue weighted by Crippen LogP contribution is 2.57. The van der Waals surface area contributed by atoms with Crippen LogP contribution in [0.3, 0.4) is 0 Å². The summed E-state index contributed by atoms with van der Waals surface area (Å²) in [5.41, 5.74) is 1.42. The van der Waals surface area contributed by atoms with Crippen molar-refractivity contribution in [3.8, 4) is 28.7 Å². The zero-order valence-electron chi connectivity index (χ0n) is 22.7. The van der Waals surface area contributed by atoms with Crippen LogP contribution in [0.5, 0.6) is 17.2 Å². The van der Waals surface area contributed by atoms with Gasteiger partial charge in [0.05, 0.1) is 11.1 Å². The van der Waals surface area contributed by atoms with Crippen molar-refractivity contribution in [1.29, 1.82) is 0 Å². The Labute approximate surface area is 234 Å². The van der Waals surface area contributed by atoms with Crippen LogP contribution in [-0.4, -0.2) is 37.5 Å². The van der Waals surface area contributed by atoms with Gasteiger partial charge in [-0.05, 0) is 57.5 Å². The Balaban J connectivity index is 1.29. The summed E-state index contributed by atoms with van der Waals surface area (Å²) in [6.07, 6.45) is 2.84. The van der Waals surface area contributed by atoms with E-state index in [9.17, 15) is 24.6 Å². The lowest BCUT2D eigenvalue weighted by Crippen LogP contribution is -2.41. The summed E-state index contributed by atoms with van der Waals surface area (Å²) in [5.74, 6) is -2.12. The maximum Gasteiger partial charge on any atom is 0.228 e. The number of rotatable bonds is 5. The highest BCUT2D eigenvalue weighted by atomic mass is 16.5. The van der Waals surface area contributed by atoms with Crippen molar-refractivity contribution in [2.45, 2.75) is 39.7 Å². The molecule has 0 radical (unpaired) electrons. The number of oxazole rings is 1. The number of hydrogen-bond donors (Lipinski definition) is 3. The summed E-state index contributed by atoms with van der Waals surface area (Å²) in [6, 6.07) is 11.0. The molecule has 10 heteroatoms. The van der Waals surface area contributed by atoms with Gasteiger partial charge in [-0.1, -0.05) is 12.1 Å². The van der Waals surface area contributed by atoms with Crippen LogP contribution >= 0.6 is 0 Å². The molecule has 4 aromatic rings. The Morgan fingerprint density at radius 1 is 1.07 bits per heavy atom. The van der Waals surface area contributed by atoms with E-state index < -0.39 is 28.5 Å². The maximum absolute atomic E-state index is 13.9. The number of phenolic OH excluding ortho intramolecular Hbond substituents is 2. The van der Waals surface area contributed by atoms with E-state index in [1.165, 1.54) is 26.8 Å². The molecule has 0 fully saturated rings. The topological polar surface area (TPSA) is 152 Å². The van der Waals surface area contributed by atoms with Gasteiger partial charge in [0, 0.05) is 35.6 Å². The highest BCUT2D eigenvalue weighted by Gasteiger charge is 2.56. The number of benzene rings is 2. The number of phenols is 2. The third-order valence-corrected chi connectivity index (χ3v) is 7.68. The molecule has 206 valence electrons. The fourth-order valence-electron chi connectivity index (χ4n) is 5.34. The molecule has 0 amide bonds. The molecular weight excluding hydrogens is 526 g/mol. The van der Waals surface area contributed by atoms with Crippen molar-refractivity contribution in [2.24, 2.45) is 0 Å². The van der Waals surface area contributed by atoms with Gasteiger partial charge in [0.25, 0.3) is 0 Å². The molecule has 2 aromatic heterocycles. The molecule has 2 aliphatic rings.